The van der Waals surface area contributed by atoms with Crippen molar-refractivity contribution in [3.05, 3.63) is 34.9 Å². The van der Waals surface area contributed by atoms with E-state index in [9.17, 15) is 4.79 Å². The number of ether oxygens (including phenoxy) is 2. The molecule has 16 heavy (non-hydrogen) atoms. The minimum absolute atomic E-state index is 0.274. The number of rotatable bonds is 3. The summed E-state index contributed by atoms with van der Waals surface area (Å²) in [5, 5.41) is 8.95. The Morgan fingerprint density at radius 3 is 3.00 bits per heavy atom. The minimum Gasteiger partial charge on any atom is -0.465 e. The molecule has 1 saturated heterocycles. The van der Waals surface area contributed by atoms with Gasteiger partial charge in [-0.3, -0.25) is 0 Å². The lowest BCUT2D eigenvalue weighted by molar-refractivity contribution is 0.0600. The van der Waals surface area contributed by atoms with Crippen LogP contribution in [0.2, 0.25) is 0 Å². The molecular formula is C12H11NO3. The largest absolute Gasteiger partial charge is 0.465 e. The third-order valence-electron chi connectivity index (χ3n) is 2.48. The van der Waals surface area contributed by atoms with Gasteiger partial charge in [-0.15, -0.1) is 0 Å². The number of benzene rings is 1. The van der Waals surface area contributed by atoms with Crippen molar-refractivity contribution in [1.29, 1.82) is 5.26 Å². The van der Waals surface area contributed by atoms with Crippen LogP contribution in [0.15, 0.2) is 18.2 Å². The standard InChI is InChI=1S/C12H11NO3/c1-15-12(14)11-3-2-8(4-9(11)6-13)5-10-7-16-10/h2-4,10H,5,7H2,1H3. The van der Waals surface area contributed by atoms with E-state index in [0.717, 1.165) is 18.6 Å². The first-order chi connectivity index (χ1) is 7.74. The summed E-state index contributed by atoms with van der Waals surface area (Å²) in [7, 11) is 1.30. The maximum Gasteiger partial charge on any atom is 0.339 e. The summed E-state index contributed by atoms with van der Waals surface area (Å²) < 4.78 is 9.71. The SMILES string of the molecule is COC(=O)c1ccc(CC2CO2)cc1C#N. The lowest BCUT2D eigenvalue weighted by atomic mass is 10.0. The highest BCUT2D eigenvalue weighted by atomic mass is 16.6. The van der Waals surface area contributed by atoms with Crippen molar-refractivity contribution >= 4 is 5.97 Å². The number of nitrogens with zero attached hydrogens (tertiary/aromatic N) is 1. The first-order valence-corrected chi connectivity index (χ1v) is 4.97. The number of hydrogen-bond donors (Lipinski definition) is 0. The van der Waals surface area contributed by atoms with Crippen molar-refractivity contribution in [2.75, 3.05) is 13.7 Å². The fourth-order valence-corrected chi connectivity index (χ4v) is 1.55. The van der Waals surface area contributed by atoms with Crippen molar-refractivity contribution in [2.24, 2.45) is 0 Å². The van der Waals surface area contributed by atoms with E-state index in [1.54, 1.807) is 12.1 Å². The van der Waals surface area contributed by atoms with Gasteiger partial charge in [0.2, 0.25) is 0 Å². The van der Waals surface area contributed by atoms with E-state index in [-0.39, 0.29) is 6.10 Å². The number of esters is 1. The molecule has 1 aromatic rings. The van der Waals surface area contributed by atoms with E-state index in [1.165, 1.54) is 7.11 Å². The summed E-state index contributed by atoms with van der Waals surface area (Å²) in [5.41, 5.74) is 1.67. The molecular weight excluding hydrogens is 206 g/mol. The van der Waals surface area contributed by atoms with Gasteiger partial charge in [-0.1, -0.05) is 6.07 Å². The Morgan fingerprint density at radius 2 is 2.44 bits per heavy atom. The fraction of sp³-hybridized carbons (Fsp3) is 0.333. The molecule has 1 heterocycles. The van der Waals surface area contributed by atoms with Crippen molar-refractivity contribution in [1.82, 2.24) is 0 Å². The molecule has 1 atom stereocenters. The molecule has 1 fully saturated rings. The number of carbonyl (C=O) groups excluding carboxylic acids is 1. The van der Waals surface area contributed by atoms with Crippen molar-refractivity contribution in [3.8, 4) is 6.07 Å². The molecule has 1 aliphatic heterocycles. The van der Waals surface area contributed by atoms with Crippen LogP contribution in [-0.4, -0.2) is 25.8 Å². The molecule has 0 bridgehead atoms. The summed E-state index contributed by atoms with van der Waals surface area (Å²) in [6, 6.07) is 7.17. The first-order valence-electron chi connectivity index (χ1n) is 4.97. The highest BCUT2D eigenvalue weighted by Crippen LogP contribution is 2.19. The monoisotopic (exact) mass is 217 g/mol. The van der Waals surface area contributed by atoms with Crippen molar-refractivity contribution < 1.29 is 14.3 Å². The second-order valence-electron chi connectivity index (χ2n) is 3.64. The van der Waals surface area contributed by atoms with Crippen LogP contribution < -0.4 is 0 Å². The molecule has 0 saturated carbocycles. The molecule has 82 valence electrons. The summed E-state index contributed by atoms with van der Waals surface area (Å²) in [4.78, 5) is 11.3. The molecule has 0 radical (unpaired) electrons. The van der Waals surface area contributed by atoms with Gasteiger partial charge in [-0.25, -0.2) is 4.79 Å². The number of nitriles is 1. The lowest BCUT2D eigenvalue weighted by Crippen LogP contribution is -2.05. The average molecular weight is 217 g/mol. The predicted molar refractivity (Wildman–Crippen MR) is 55.9 cm³/mol. The molecule has 1 aromatic carbocycles. The summed E-state index contributed by atoms with van der Waals surface area (Å²) in [5.74, 6) is -0.481. The number of hydrogen-bond acceptors (Lipinski definition) is 4. The average Bonchev–Trinajstić information content (AvgIpc) is 3.11. The smallest absolute Gasteiger partial charge is 0.339 e. The predicted octanol–water partition coefficient (Wildman–Crippen LogP) is 1.29. The molecule has 0 amide bonds. The van der Waals surface area contributed by atoms with E-state index in [1.807, 2.05) is 12.1 Å². The third-order valence-corrected chi connectivity index (χ3v) is 2.48. The molecule has 1 aliphatic rings. The zero-order chi connectivity index (χ0) is 11.5. The molecule has 0 aliphatic carbocycles. The van der Waals surface area contributed by atoms with Gasteiger partial charge in [0.15, 0.2) is 0 Å². The number of epoxide rings is 1. The molecule has 0 aromatic heterocycles. The maximum absolute atomic E-state index is 11.3. The third kappa shape index (κ3) is 2.20. The number of carbonyl (C=O) groups is 1. The van der Waals surface area contributed by atoms with Crippen molar-refractivity contribution in [3.63, 3.8) is 0 Å². The number of methoxy groups -OCH3 is 1. The van der Waals surface area contributed by atoms with Crippen LogP contribution in [-0.2, 0) is 15.9 Å². The zero-order valence-electron chi connectivity index (χ0n) is 8.90. The first kappa shape index (κ1) is 10.7. The summed E-state index contributed by atoms with van der Waals surface area (Å²) >= 11 is 0. The maximum atomic E-state index is 11.3. The van der Waals surface area contributed by atoms with Crippen LogP contribution in [0, 0.1) is 11.3 Å². The van der Waals surface area contributed by atoms with Crippen LogP contribution in [0.4, 0.5) is 0 Å². The topological polar surface area (TPSA) is 62.6 Å². The van der Waals surface area contributed by atoms with E-state index < -0.39 is 5.97 Å². The minimum atomic E-state index is -0.481. The second-order valence-corrected chi connectivity index (χ2v) is 3.64. The Balaban J connectivity index is 2.27. The van der Waals surface area contributed by atoms with Crippen LogP contribution in [0.25, 0.3) is 0 Å². The highest BCUT2D eigenvalue weighted by molar-refractivity contribution is 5.92. The molecule has 4 heteroatoms. The van der Waals surface area contributed by atoms with Gasteiger partial charge in [-0.05, 0) is 17.7 Å². The van der Waals surface area contributed by atoms with Gasteiger partial charge in [0.1, 0.15) is 6.07 Å². The highest BCUT2D eigenvalue weighted by Gasteiger charge is 2.23. The Hall–Kier alpha value is -1.86. The van der Waals surface area contributed by atoms with E-state index in [4.69, 9.17) is 10.00 Å². The van der Waals surface area contributed by atoms with Crippen molar-refractivity contribution in [2.45, 2.75) is 12.5 Å². The van der Waals surface area contributed by atoms with Gasteiger partial charge in [0, 0.05) is 6.42 Å². The van der Waals surface area contributed by atoms with Gasteiger partial charge >= 0.3 is 5.97 Å². The summed E-state index contributed by atoms with van der Waals surface area (Å²) in [6.45, 7) is 0.778. The normalized spacial score (nSPS) is 17.6. The van der Waals surface area contributed by atoms with E-state index >= 15 is 0 Å². The summed E-state index contributed by atoms with van der Waals surface area (Å²) in [6.07, 6.45) is 1.06. The Bertz CT molecular complexity index is 458. The van der Waals surface area contributed by atoms with Crippen LogP contribution in [0.3, 0.4) is 0 Å². The molecule has 2 rings (SSSR count). The molecule has 0 N–H and O–H groups in total. The van der Waals surface area contributed by atoms with Crippen LogP contribution in [0.1, 0.15) is 21.5 Å². The van der Waals surface area contributed by atoms with E-state index in [0.29, 0.717) is 11.1 Å². The zero-order valence-corrected chi connectivity index (χ0v) is 8.90. The van der Waals surface area contributed by atoms with Gasteiger partial charge in [0.25, 0.3) is 0 Å². The fourth-order valence-electron chi connectivity index (χ4n) is 1.55. The lowest BCUT2D eigenvalue weighted by Gasteiger charge is -2.04. The Labute approximate surface area is 93.4 Å². The molecule has 4 nitrogen and oxygen atoms in total. The van der Waals surface area contributed by atoms with Gasteiger partial charge in [0.05, 0.1) is 30.9 Å². The van der Waals surface area contributed by atoms with Crippen LogP contribution >= 0.6 is 0 Å². The molecule has 0 spiro atoms. The molecule has 1 unspecified atom stereocenters. The second kappa shape index (κ2) is 4.33. The quantitative estimate of drug-likeness (QED) is 0.565. The van der Waals surface area contributed by atoms with Gasteiger partial charge < -0.3 is 9.47 Å². The van der Waals surface area contributed by atoms with E-state index in [2.05, 4.69) is 4.74 Å². The Morgan fingerprint density at radius 1 is 1.69 bits per heavy atom. The van der Waals surface area contributed by atoms with Gasteiger partial charge in [-0.2, -0.15) is 5.26 Å². The van der Waals surface area contributed by atoms with Crippen LogP contribution in [0.5, 0.6) is 0 Å². The Kier molecular flexibility index (Phi) is 2.88.